The molecule has 0 spiro atoms. The SMILES string of the molecule is COc1ccccc1[C@H](C[N+](=O)[O-])[C@H]1CCCC=C1N1CCOCC1. The monoisotopic (exact) mass is 346 g/mol. The highest BCUT2D eigenvalue weighted by molar-refractivity contribution is 5.38. The Hall–Kier alpha value is -2.08. The van der Waals surface area contributed by atoms with Crippen LogP contribution >= 0.6 is 0 Å². The summed E-state index contributed by atoms with van der Waals surface area (Å²) in [5, 5.41) is 11.4. The Morgan fingerprint density at radius 1 is 1.36 bits per heavy atom. The normalized spacial score (nSPS) is 22.2. The van der Waals surface area contributed by atoms with Crippen LogP contribution in [0.1, 0.15) is 30.7 Å². The lowest BCUT2D eigenvalue weighted by Crippen LogP contribution is -2.40. The van der Waals surface area contributed by atoms with Crippen LogP contribution in [0.3, 0.4) is 0 Å². The highest BCUT2D eigenvalue weighted by Gasteiger charge is 2.35. The Morgan fingerprint density at radius 2 is 2.12 bits per heavy atom. The quantitative estimate of drug-likeness (QED) is 0.585. The molecule has 1 aliphatic carbocycles. The van der Waals surface area contributed by atoms with Crippen molar-refractivity contribution in [1.82, 2.24) is 4.90 Å². The molecular formula is C19H26N2O4. The number of hydrogen-bond acceptors (Lipinski definition) is 5. The van der Waals surface area contributed by atoms with Crippen molar-refractivity contribution >= 4 is 0 Å². The van der Waals surface area contributed by atoms with Gasteiger partial charge in [-0.2, -0.15) is 0 Å². The Balaban J connectivity index is 1.94. The first kappa shape index (κ1) is 17.7. The highest BCUT2D eigenvalue weighted by Crippen LogP contribution is 2.41. The molecule has 0 unspecified atom stereocenters. The molecule has 3 rings (SSSR count). The zero-order valence-electron chi connectivity index (χ0n) is 14.7. The third-order valence-electron chi connectivity index (χ3n) is 5.20. The summed E-state index contributed by atoms with van der Waals surface area (Å²) in [6, 6.07) is 7.71. The van der Waals surface area contributed by atoms with Crippen LogP contribution in [0.15, 0.2) is 36.0 Å². The van der Waals surface area contributed by atoms with E-state index < -0.39 is 0 Å². The van der Waals surface area contributed by atoms with Gasteiger partial charge in [-0.1, -0.05) is 24.3 Å². The summed E-state index contributed by atoms with van der Waals surface area (Å²) in [6.07, 6.45) is 5.36. The van der Waals surface area contributed by atoms with Gasteiger partial charge in [-0.15, -0.1) is 0 Å². The van der Waals surface area contributed by atoms with E-state index in [2.05, 4.69) is 11.0 Å². The first-order valence-electron chi connectivity index (χ1n) is 8.98. The zero-order valence-corrected chi connectivity index (χ0v) is 14.7. The second kappa shape index (κ2) is 8.34. The van der Waals surface area contributed by atoms with Gasteiger partial charge in [0, 0.05) is 35.2 Å². The van der Waals surface area contributed by atoms with Gasteiger partial charge >= 0.3 is 0 Å². The number of hydrogen-bond donors (Lipinski definition) is 0. The summed E-state index contributed by atoms with van der Waals surface area (Å²) >= 11 is 0. The van der Waals surface area contributed by atoms with Gasteiger partial charge in [-0.25, -0.2) is 0 Å². The van der Waals surface area contributed by atoms with E-state index in [9.17, 15) is 10.1 Å². The molecule has 25 heavy (non-hydrogen) atoms. The molecule has 1 heterocycles. The van der Waals surface area contributed by atoms with E-state index in [-0.39, 0.29) is 23.3 Å². The fourth-order valence-electron chi connectivity index (χ4n) is 4.06. The fraction of sp³-hybridized carbons (Fsp3) is 0.579. The van der Waals surface area contributed by atoms with Gasteiger partial charge in [0.15, 0.2) is 0 Å². The molecule has 0 amide bonds. The minimum Gasteiger partial charge on any atom is -0.496 e. The smallest absolute Gasteiger partial charge is 0.211 e. The van der Waals surface area contributed by atoms with E-state index in [0.717, 1.165) is 56.9 Å². The molecule has 1 aromatic rings. The minimum atomic E-state index is -0.192. The van der Waals surface area contributed by atoms with Gasteiger partial charge in [0.2, 0.25) is 6.54 Å². The third kappa shape index (κ3) is 4.12. The predicted octanol–water partition coefficient (Wildman–Crippen LogP) is 3.07. The standard InChI is InChI=1S/C19H26N2O4/c1-24-19-9-5-3-7-16(19)17(14-21(22)23)15-6-2-4-8-18(15)20-10-12-25-13-11-20/h3,5,7-9,15,17H,2,4,6,10-14H2,1H3/t15-,17-/m1/s1. The number of nitro groups is 1. The molecule has 0 aromatic heterocycles. The number of methoxy groups -OCH3 is 1. The summed E-state index contributed by atoms with van der Waals surface area (Å²) < 4.78 is 11.0. The molecule has 6 nitrogen and oxygen atoms in total. The van der Waals surface area contributed by atoms with Gasteiger partial charge in [0.25, 0.3) is 0 Å². The average Bonchev–Trinajstić information content (AvgIpc) is 2.67. The second-order valence-electron chi connectivity index (χ2n) is 6.63. The fourth-order valence-corrected chi connectivity index (χ4v) is 4.06. The van der Waals surface area contributed by atoms with Gasteiger partial charge in [0.1, 0.15) is 5.75 Å². The molecule has 136 valence electrons. The summed E-state index contributed by atoms with van der Waals surface area (Å²) in [5.41, 5.74) is 2.19. The van der Waals surface area contributed by atoms with E-state index in [4.69, 9.17) is 9.47 Å². The number of morpholine rings is 1. The van der Waals surface area contributed by atoms with Gasteiger partial charge < -0.3 is 14.4 Å². The molecule has 1 fully saturated rings. The lowest BCUT2D eigenvalue weighted by atomic mass is 9.77. The molecular weight excluding hydrogens is 320 g/mol. The van der Waals surface area contributed by atoms with E-state index in [1.807, 2.05) is 24.3 Å². The Bertz CT molecular complexity index is 626. The van der Waals surface area contributed by atoms with Crippen LogP contribution in [-0.4, -0.2) is 49.8 Å². The number of ether oxygens (including phenoxy) is 2. The maximum atomic E-state index is 11.4. The molecule has 2 aliphatic rings. The van der Waals surface area contributed by atoms with Crippen molar-refractivity contribution in [1.29, 1.82) is 0 Å². The number of rotatable bonds is 6. The van der Waals surface area contributed by atoms with E-state index in [0.29, 0.717) is 0 Å². The van der Waals surface area contributed by atoms with Crippen molar-refractivity contribution in [3.05, 3.63) is 51.7 Å². The largest absolute Gasteiger partial charge is 0.496 e. The minimum absolute atomic E-state index is 0.0767. The summed E-state index contributed by atoms with van der Waals surface area (Å²) in [5.74, 6) is 0.704. The van der Waals surface area contributed by atoms with Crippen molar-refractivity contribution in [2.45, 2.75) is 25.2 Å². The van der Waals surface area contributed by atoms with Crippen LogP contribution in [0.25, 0.3) is 0 Å². The molecule has 0 N–H and O–H groups in total. The molecule has 0 bridgehead atoms. The number of benzene rings is 1. The maximum absolute atomic E-state index is 11.4. The molecule has 1 saturated heterocycles. The molecule has 0 saturated carbocycles. The topological polar surface area (TPSA) is 64.8 Å². The van der Waals surface area contributed by atoms with Crippen molar-refractivity contribution < 1.29 is 14.4 Å². The molecule has 1 aromatic carbocycles. The molecule has 0 radical (unpaired) electrons. The maximum Gasteiger partial charge on any atom is 0.211 e. The van der Waals surface area contributed by atoms with Crippen molar-refractivity contribution in [2.24, 2.45) is 5.92 Å². The lowest BCUT2D eigenvalue weighted by molar-refractivity contribution is -0.484. The van der Waals surface area contributed by atoms with Crippen LogP contribution in [0.5, 0.6) is 5.75 Å². The van der Waals surface area contributed by atoms with E-state index >= 15 is 0 Å². The lowest BCUT2D eigenvalue weighted by Gasteiger charge is -2.39. The summed E-state index contributed by atoms with van der Waals surface area (Å²) in [4.78, 5) is 13.6. The van der Waals surface area contributed by atoms with Crippen LogP contribution < -0.4 is 4.74 Å². The van der Waals surface area contributed by atoms with Crippen LogP contribution in [0, 0.1) is 16.0 Å². The number of allylic oxidation sites excluding steroid dienone is 2. The molecule has 2 atom stereocenters. The van der Waals surface area contributed by atoms with Gasteiger partial charge in [-0.05, 0) is 25.3 Å². The Morgan fingerprint density at radius 3 is 2.84 bits per heavy atom. The highest BCUT2D eigenvalue weighted by atomic mass is 16.6. The van der Waals surface area contributed by atoms with Crippen molar-refractivity contribution in [3.8, 4) is 5.75 Å². The van der Waals surface area contributed by atoms with E-state index in [1.165, 1.54) is 5.70 Å². The van der Waals surface area contributed by atoms with Crippen molar-refractivity contribution in [3.63, 3.8) is 0 Å². The summed E-state index contributed by atoms with van der Waals surface area (Å²) in [6.45, 7) is 3.09. The van der Waals surface area contributed by atoms with Crippen LogP contribution in [-0.2, 0) is 4.74 Å². The number of para-hydroxylation sites is 1. The van der Waals surface area contributed by atoms with Crippen LogP contribution in [0.4, 0.5) is 0 Å². The molecule has 1 aliphatic heterocycles. The predicted molar refractivity (Wildman–Crippen MR) is 95.4 cm³/mol. The van der Waals surface area contributed by atoms with Crippen LogP contribution in [0.2, 0.25) is 0 Å². The zero-order chi connectivity index (χ0) is 17.6. The van der Waals surface area contributed by atoms with Crippen molar-refractivity contribution in [2.75, 3.05) is 40.0 Å². The molecule has 6 heteroatoms. The van der Waals surface area contributed by atoms with E-state index in [1.54, 1.807) is 7.11 Å². The van der Waals surface area contributed by atoms with Gasteiger partial charge in [0.05, 0.1) is 26.2 Å². The Labute approximate surface area is 148 Å². The number of nitrogens with zero attached hydrogens (tertiary/aromatic N) is 2. The Kier molecular flexibility index (Phi) is 5.91. The second-order valence-corrected chi connectivity index (χ2v) is 6.63. The first-order valence-corrected chi connectivity index (χ1v) is 8.98. The van der Waals surface area contributed by atoms with Gasteiger partial charge in [-0.3, -0.25) is 10.1 Å². The average molecular weight is 346 g/mol. The summed E-state index contributed by atoms with van der Waals surface area (Å²) in [7, 11) is 1.63. The third-order valence-corrected chi connectivity index (χ3v) is 5.20. The first-order chi connectivity index (χ1) is 12.2.